The van der Waals surface area contributed by atoms with E-state index in [0.717, 1.165) is 10.8 Å². The Balaban J connectivity index is 2.59. The molecule has 0 N–H and O–H groups in total. The molecular formula is C9H8N2OS. The van der Waals surface area contributed by atoms with Gasteiger partial charge in [-0.3, -0.25) is 9.36 Å². The minimum atomic E-state index is -0.0446. The molecule has 4 heteroatoms. The van der Waals surface area contributed by atoms with E-state index in [-0.39, 0.29) is 5.56 Å². The van der Waals surface area contributed by atoms with E-state index in [1.807, 2.05) is 18.4 Å². The van der Waals surface area contributed by atoms with E-state index in [0.29, 0.717) is 0 Å². The van der Waals surface area contributed by atoms with Gasteiger partial charge in [-0.05, 0) is 13.0 Å². The molecule has 0 aliphatic carbocycles. The summed E-state index contributed by atoms with van der Waals surface area (Å²) in [5.74, 6) is 0. The zero-order valence-electron chi connectivity index (χ0n) is 7.10. The standard InChI is InChI=1S/C9H8N2OS/c1-7-6-13-9(10-7)11-5-3-2-4-8(11)12/h2-6H,1H3. The zero-order valence-corrected chi connectivity index (χ0v) is 7.91. The van der Waals surface area contributed by atoms with Crippen molar-refractivity contribution in [2.24, 2.45) is 0 Å². The fraction of sp³-hybridized carbons (Fsp3) is 0.111. The van der Waals surface area contributed by atoms with Crippen LogP contribution in [0.3, 0.4) is 0 Å². The smallest absolute Gasteiger partial charge is 0.256 e. The number of aryl methyl sites for hydroxylation is 1. The summed E-state index contributed by atoms with van der Waals surface area (Å²) in [5.41, 5.74) is 0.896. The van der Waals surface area contributed by atoms with Gasteiger partial charge in [0.05, 0.1) is 5.69 Å². The lowest BCUT2D eigenvalue weighted by Gasteiger charge is -1.97. The molecule has 0 unspecified atom stereocenters. The fourth-order valence-corrected chi connectivity index (χ4v) is 1.83. The average Bonchev–Trinajstić information content (AvgIpc) is 2.53. The van der Waals surface area contributed by atoms with Crippen molar-refractivity contribution in [1.29, 1.82) is 0 Å². The molecule has 0 bridgehead atoms. The summed E-state index contributed by atoms with van der Waals surface area (Å²) in [4.78, 5) is 15.6. The SMILES string of the molecule is Cc1csc(-n2ccccc2=O)n1. The maximum absolute atomic E-state index is 11.4. The third-order valence-electron chi connectivity index (χ3n) is 1.64. The van der Waals surface area contributed by atoms with Crippen LogP contribution >= 0.6 is 11.3 Å². The Bertz CT molecular complexity index is 472. The Labute approximate surface area is 79.3 Å². The molecular weight excluding hydrogens is 184 g/mol. The van der Waals surface area contributed by atoms with Crippen LogP contribution in [-0.2, 0) is 0 Å². The molecule has 0 fully saturated rings. The van der Waals surface area contributed by atoms with Crippen LogP contribution in [0.5, 0.6) is 0 Å². The first kappa shape index (κ1) is 8.19. The van der Waals surface area contributed by atoms with E-state index < -0.39 is 0 Å². The Kier molecular flexibility index (Phi) is 1.98. The van der Waals surface area contributed by atoms with Gasteiger partial charge in [0.2, 0.25) is 0 Å². The zero-order chi connectivity index (χ0) is 9.26. The molecule has 0 aliphatic heterocycles. The summed E-state index contributed by atoms with van der Waals surface area (Å²) in [6, 6.07) is 5.06. The highest BCUT2D eigenvalue weighted by molar-refractivity contribution is 7.12. The lowest BCUT2D eigenvalue weighted by Crippen LogP contribution is -2.15. The third kappa shape index (κ3) is 1.53. The molecule has 2 heterocycles. The Morgan fingerprint density at radius 1 is 1.46 bits per heavy atom. The van der Waals surface area contributed by atoms with Gasteiger partial charge in [0.15, 0.2) is 5.13 Å². The molecule has 13 heavy (non-hydrogen) atoms. The summed E-state index contributed by atoms with van der Waals surface area (Å²) in [7, 11) is 0. The van der Waals surface area contributed by atoms with E-state index >= 15 is 0 Å². The first-order valence-corrected chi connectivity index (χ1v) is 4.75. The summed E-state index contributed by atoms with van der Waals surface area (Å²) in [5, 5.41) is 2.65. The number of thiazole rings is 1. The van der Waals surface area contributed by atoms with Gasteiger partial charge in [-0.1, -0.05) is 6.07 Å². The molecule has 0 saturated heterocycles. The quantitative estimate of drug-likeness (QED) is 0.688. The van der Waals surface area contributed by atoms with Gasteiger partial charge >= 0.3 is 0 Å². The maximum Gasteiger partial charge on any atom is 0.256 e. The van der Waals surface area contributed by atoms with Crippen LogP contribution in [0.4, 0.5) is 0 Å². The van der Waals surface area contributed by atoms with Gasteiger partial charge in [0, 0.05) is 17.6 Å². The fourth-order valence-electron chi connectivity index (χ4n) is 1.04. The van der Waals surface area contributed by atoms with Gasteiger partial charge < -0.3 is 0 Å². The summed E-state index contributed by atoms with van der Waals surface area (Å²) >= 11 is 1.47. The highest BCUT2D eigenvalue weighted by Gasteiger charge is 2.01. The van der Waals surface area contributed by atoms with Crippen molar-refractivity contribution in [3.8, 4) is 5.13 Å². The molecule has 2 rings (SSSR count). The van der Waals surface area contributed by atoms with E-state index in [2.05, 4.69) is 4.98 Å². The molecule has 0 saturated carbocycles. The molecule has 0 radical (unpaired) electrons. The first-order chi connectivity index (χ1) is 6.27. The van der Waals surface area contributed by atoms with Crippen molar-refractivity contribution in [3.63, 3.8) is 0 Å². The maximum atomic E-state index is 11.4. The summed E-state index contributed by atoms with van der Waals surface area (Å²) in [6.07, 6.45) is 1.72. The van der Waals surface area contributed by atoms with Crippen molar-refractivity contribution in [2.75, 3.05) is 0 Å². The van der Waals surface area contributed by atoms with E-state index in [1.54, 1.807) is 12.3 Å². The van der Waals surface area contributed by atoms with Crippen LogP contribution in [0.2, 0.25) is 0 Å². The van der Waals surface area contributed by atoms with Gasteiger partial charge in [-0.25, -0.2) is 4.98 Å². The van der Waals surface area contributed by atoms with Crippen LogP contribution in [0.15, 0.2) is 34.6 Å². The van der Waals surface area contributed by atoms with Crippen molar-refractivity contribution in [2.45, 2.75) is 6.92 Å². The highest BCUT2D eigenvalue weighted by atomic mass is 32.1. The van der Waals surface area contributed by atoms with E-state index in [4.69, 9.17) is 0 Å². The Hall–Kier alpha value is -1.42. The lowest BCUT2D eigenvalue weighted by atomic mass is 10.5. The molecule has 0 amide bonds. The second-order valence-electron chi connectivity index (χ2n) is 2.68. The molecule has 0 spiro atoms. The van der Waals surface area contributed by atoms with Gasteiger partial charge in [0.1, 0.15) is 0 Å². The monoisotopic (exact) mass is 192 g/mol. The topological polar surface area (TPSA) is 34.9 Å². The minimum Gasteiger partial charge on any atom is -0.269 e. The van der Waals surface area contributed by atoms with Crippen LogP contribution in [0.25, 0.3) is 5.13 Å². The second-order valence-corrected chi connectivity index (χ2v) is 3.52. The molecule has 2 aromatic rings. The van der Waals surface area contributed by atoms with Gasteiger partial charge in [-0.15, -0.1) is 11.3 Å². The van der Waals surface area contributed by atoms with Crippen LogP contribution in [-0.4, -0.2) is 9.55 Å². The molecule has 0 aliphatic rings. The van der Waals surface area contributed by atoms with Crippen LogP contribution < -0.4 is 5.56 Å². The van der Waals surface area contributed by atoms with Gasteiger partial charge in [-0.2, -0.15) is 0 Å². The number of hydrogen-bond donors (Lipinski definition) is 0. The second kappa shape index (κ2) is 3.14. The number of pyridine rings is 1. The minimum absolute atomic E-state index is 0.0446. The van der Waals surface area contributed by atoms with Crippen molar-refractivity contribution < 1.29 is 0 Å². The van der Waals surface area contributed by atoms with Crippen LogP contribution in [0.1, 0.15) is 5.69 Å². The van der Waals surface area contributed by atoms with Crippen molar-refractivity contribution >= 4 is 11.3 Å². The average molecular weight is 192 g/mol. The molecule has 3 nitrogen and oxygen atoms in total. The molecule has 2 aromatic heterocycles. The Morgan fingerprint density at radius 3 is 2.92 bits per heavy atom. The molecule has 0 aromatic carbocycles. The van der Waals surface area contributed by atoms with Crippen LogP contribution in [0, 0.1) is 6.92 Å². The summed E-state index contributed by atoms with van der Waals surface area (Å²) < 4.78 is 1.54. The Morgan fingerprint density at radius 2 is 2.31 bits per heavy atom. The van der Waals surface area contributed by atoms with E-state index in [9.17, 15) is 4.79 Å². The number of nitrogens with zero attached hydrogens (tertiary/aromatic N) is 2. The number of aromatic nitrogens is 2. The normalized spacial score (nSPS) is 10.2. The summed E-state index contributed by atoms with van der Waals surface area (Å²) in [6.45, 7) is 1.91. The molecule has 0 atom stereocenters. The first-order valence-electron chi connectivity index (χ1n) is 3.87. The van der Waals surface area contributed by atoms with E-state index in [1.165, 1.54) is 22.0 Å². The number of rotatable bonds is 1. The van der Waals surface area contributed by atoms with Gasteiger partial charge in [0.25, 0.3) is 5.56 Å². The predicted octanol–water partition coefficient (Wildman–Crippen LogP) is 1.60. The molecule has 66 valence electrons. The van der Waals surface area contributed by atoms with Crippen molar-refractivity contribution in [3.05, 3.63) is 45.8 Å². The lowest BCUT2D eigenvalue weighted by molar-refractivity contribution is 0.963. The number of hydrogen-bond acceptors (Lipinski definition) is 3. The predicted molar refractivity (Wildman–Crippen MR) is 52.4 cm³/mol. The highest BCUT2D eigenvalue weighted by Crippen LogP contribution is 2.11. The largest absolute Gasteiger partial charge is 0.269 e. The van der Waals surface area contributed by atoms with Crippen molar-refractivity contribution in [1.82, 2.24) is 9.55 Å². The third-order valence-corrected chi connectivity index (χ3v) is 2.59.